The van der Waals surface area contributed by atoms with Gasteiger partial charge in [0.05, 0.1) is 17.8 Å². The zero-order valence-electron chi connectivity index (χ0n) is 17.8. The molecule has 0 spiro atoms. The molecule has 1 N–H and O–H groups in total. The van der Waals surface area contributed by atoms with Crippen LogP contribution in [0.2, 0.25) is 5.02 Å². The van der Waals surface area contributed by atoms with Crippen molar-refractivity contribution >= 4 is 40.7 Å². The van der Waals surface area contributed by atoms with E-state index in [9.17, 15) is 14.4 Å². The Bertz CT molecular complexity index is 1140. The molecule has 0 radical (unpaired) electrons. The topological polar surface area (TPSA) is 104 Å². The van der Waals surface area contributed by atoms with E-state index in [1.165, 1.54) is 18.2 Å². The SMILES string of the molecule is CCc1cccc(C)c1NC(=O)CN1N=N[C@@H]2C(=O)N(c3ccc(OC)c(Cl)c3)C(=O)[C@@H]21. The summed E-state index contributed by atoms with van der Waals surface area (Å²) >= 11 is 6.16. The number of anilines is 2. The van der Waals surface area contributed by atoms with E-state index in [0.29, 0.717) is 11.4 Å². The van der Waals surface area contributed by atoms with Crippen LogP contribution in [0.5, 0.6) is 5.75 Å². The van der Waals surface area contributed by atoms with Crippen molar-refractivity contribution in [3.05, 3.63) is 52.5 Å². The standard InChI is InChI=1S/C22H22ClN5O4/c1-4-13-7-5-6-12(2)18(13)24-17(29)11-27-20-19(25-26-27)21(30)28(22(20)31)14-8-9-16(32-3)15(23)10-14/h5-10,19-20H,4,11H2,1-3H3,(H,24,29)/t19-,20+/m0/s1. The van der Waals surface area contributed by atoms with Crippen LogP contribution in [0.15, 0.2) is 46.7 Å². The Kier molecular flexibility index (Phi) is 5.84. The number of nitrogens with zero attached hydrogens (tertiary/aromatic N) is 4. The first-order valence-electron chi connectivity index (χ1n) is 10.1. The molecule has 2 heterocycles. The minimum atomic E-state index is -0.999. The monoisotopic (exact) mass is 455 g/mol. The number of carbonyl (C=O) groups is 3. The molecule has 1 saturated heterocycles. The number of aryl methyl sites for hydroxylation is 2. The van der Waals surface area contributed by atoms with Crippen molar-refractivity contribution < 1.29 is 19.1 Å². The molecular formula is C22H22ClN5O4. The van der Waals surface area contributed by atoms with E-state index < -0.39 is 23.9 Å². The van der Waals surface area contributed by atoms with Gasteiger partial charge in [-0.25, -0.2) is 4.90 Å². The normalized spacial score (nSPS) is 19.5. The molecule has 1 fully saturated rings. The van der Waals surface area contributed by atoms with Gasteiger partial charge < -0.3 is 10.1 Å². The van der Waals surface area contributed by atoms with E-state index in [1.807, 2.05) is 32.0 Å². The van der Waals surface area contributed by atoms with E-state index in [2.05, 4.69) is 15.7 Å². The lowest BCUT2D eigenvalue weighted by Gasteiger charge is -2.21. The van der Waals surface area contributed by atoms with Gasteiger partial charge >= 0.3 is 0 Å². The summed E-state index contributed by atoms with van der Waals surface area (Å²) in [7, 11) is 1.47. The molecule has 2 aliphatic rings. The molecule has 4 rings (SSSR count). The van der Waals surface area contributed by atoms with Crippen molar-refractivity contribution in [1.29, 1.82) is 0 Å². The summed E-state index contributed by atoms with van der Waals surface area (Å²) in [5.41, 5.74) is 3.01. The third-order valence-corrected chi connectivity index (χ3v) is 5.86. The number of fused-ring (bicyclic) bond motifs is 1. The van der Waals surface area contributed by atoms with E-state index in [-0.39, 0.29) is 17.5 Å². The molecule has 10 heteroatoms. The number of hydrogen-bond donors (Lipinski definition) is 1. The number of hydrogen-bond acceptors (Lipinski definition) is 7. The number of para-hydroxylation sites is 1. The van der Waals surface area contributed by atoms with Gasteiger partial charge in [0.2, 0.25) is 5.91 Å². The highest BCUT2D eigenvalue weighted by Crippen LogP contribution is 2.35. The van der Waals surface area contributed by atoms with E-state index in [1.54, 1.807) is 12.1 Å². The number of methoxy groups -OCH3 is 1. The Labute approximate surface area is 190 Å². The van der Waals surface area contributed by atoms with Crippen molar-refractivity contribution in [3.8, 4) is 5.75 Å². The van der Waals surface area contributed by atoms with Crippen LogP contribution in [-0.4, -0.2) is 48.5 Å². The van der Waals surface area contributed by atoms with Crippen LogP contribution in [0.25, 0.3) is 0 Å². The Morgan fingerprint density at radius 3 is 2.69 bits per heavy atom. The van der Waals surface area contributed by atoms with Crippen molar-refractivity contribution in [1.82, 2.24) is 5.01 Å². The third kappa shape index (κ3) is 3.69. The minimum Gasteiger partial charge on any atom is -0.495 e. The maximum Gasteiger partial charge on any atom is 0.263 e. The summed E-state index contributed by atoms with van der Waals surface area (Å²) < 4.78 is 5.12. The van der Waals surface area contributed by atoms with Gasteiger partial charge in [-0.1, -0.05) is 41.9 Å². The van der Waals surface area contributed by atoms with E-state index >= 15 is 0 Å². The molecule has 3 amide bonds. The number of imide groups is 1. The molecule has 0 aliphatic carbocycles. The second-order valence-electron chi connectivity index (χ2n) is 7.53. The van der Waals surface area contributed by atoms with Gasteiger partial charge in [0.1, 0.15) is 12.3 Å². The van der Waals surface area contributed by atoms with Crippen molar-refractivity contribution in [2.24, 2.45) is 10.3 Å². The van der Waals surface area contributed by atoms with Crippen LogP contribution in [0.3, 0.4) is 0 Å². The van der Waals surface area contributed by atoms with Gasteiger partial charge in [0.25, 0.3) is 11.8 Å². The third-order valence-electron chi connectivity index (χ3n) is 5.56. The second kappa shape index (κ2) is 8.58. The van der Waals surface area contributed by atoms with Gasteiger partial charge in [0.15, 0.2) is 12.1 Å². The molecule has 166 valence electrons. The number of rotatable bonds is 6. The Hall–Kier alpha value is -3.46. The highest BCUT2D eigenvalue weighted by atomic mass is 35.5. The van der Waals surface area contributed by atoms with Crippen LogP contribution in [-0.2, 0) is 20.8 Å². The molecular weight excluding hydrogens is 434 g/mol. The molecule has 2 aromatic carbocycles. The van der Waals surface area contributed by atoms with Gasteiger partial charge in [-0.3, -0.25) is 19.4 Å². The molecule has 0 aromatic heterocycles. The lowest BCUT2D eigenvalue weighted by molar-refractivity contribution is -0.123. The molecule has 2 atom stereocenters. The summed E-state index contributed by atoms with van der Waals surface area (Å²) in [4.78, 5) is 39.7. The fourth-order valence-electron chi connectivity index (χ4n) is 3.93. The van der Waals surface area contributed by atoms with Crippen LogP contribution in [0, 0.1) is 6.92 Å². The van der Waals surface area contributed by atoms with Gasteiger partial charge in [-0.05, 0) is 42.7 Å². The molecule has 2 aromatic rings. The number of nitrogens with one attached hydrogen (secondary N) is 1. The summed E-state index contributed by atoms with van der Waals surface area (Å²) in [6, 6.07) is 8.45. The minimum absolute atomic E-state index is 0.210. The molecule has 0 unspecified atom stereocenters. The number of carbonyl (C=O) groups excluding carboxylic acids is 3. The quantitative estimate of drug-likeness (QED) is 0.674. The first-order chi connectivity index (χ1) is 15.3. The first kappa shape index (κ1) is 21.8. The Morgan fingerprint density at radius 1 is 1.22 bits per heavy atom. The predicted octanol–water partition coefficient (Wildman–Crippen LogP) is 3.15. The average molecular weight is 456 g/mol. The molecule has 2 aliphatic heterocycles. The van der Waals surface area contributed by atoms with Gasteiger partial charge in [-0.2, -0.15) is 5.11 Å². The van der Waals surface area contributed by atoms with Crippen LogP contribution in [0.1, 0.15) is 18.1 Å². The van der Waals surface area contributed by atoms with E-state index in [4.69, 9.17) is 16.3 Å². The van der Waals surface area contributed by atoms with Gasteiger partial charge in [0, 0.05) is 5.69 Å². The second-order valence-corrected chi connectivity index (χ2v) is 7.94. The lowest BCUT2D eigenvalue weighted by Crippen LogP contribution is -2.43. The van der Waals surface area contributed by atoms with Crippen LogP contribution >= 0.6 is 11.6 Å². The number of halogens is 1. The number of ether oxygens (including phenoxy) is 1. The number of amides is 3. The van der Waals surface area contributed by atoms with Crippen molar-refractivity contribution in [2.75, 3.05) is 23.9 Å². The molecule has 32 heavy (non-hydrogen) atoms. The van der Waals surface area contributed by atoms with Crippen LogP contribution in [0.4, 0.5) is 11.4 Å². The van der Waals surface area contributed by atoms with Gasteiger partial charge in [-0.15, -0.1) is 0 Å². The lowest BCUT2D eigenvalue weighted by atomic mass is 10.1. The summed E-state index contributed by atoms with van der Waals surface area (Å²) in [6.45, 7) is 3.71. The summed E-state index contributed by atoms with van der Waals surface area (Å²) in [6.07, 6.45) is 0.762. The fraction of sp³-hybridized carbons (Fsp3) is 0.318. The zero-order chi connectivity index (χ0) is 23.0. The maximum absolute atomic E-state index is 13.1. The predicted molar refractivity (Wildman–Crippen MR) is 119 cm³/mol. The molecule has 0 saturated carbocycles. The fourth-order valence-corrected chi connectivity index (χ4v) is 4.18. The first-order valence-corrected chi connectivity index (χ1v) is 10.5. The van der Waals surface area contributed by atoms with Crippen molar-refractivity contribution in [3.63, 3.8) is 0 Å². The largest absolute Gasteiger partial charge is 0.495 e. The Balaban J connectivity index is 1.51. The average Bonchev–Trinajstić information content (AvgIpc) is 3.29. The van der Waals surface area contributed by atoms with Crippen LogP contribution < -0.4 is 15.0 Å². The highest BCUT2D eigenvalue weighted by molar-refractivity contribution is 6.33. The van der Waals surface area contributed by atoms with E-state index in [0.717, 1.165) is 28.1 Å². The number of benzene rings is 2. The Morgan fingerprint density at radius 2 is 2.00 bits per heavy atom. The highest BCUT2D eigenvalue weighted by Gasteiger charge is 2.55. The molecule has 0 bridgehead atoms. The summed E-state index contributed by atoms with van der Waals surface area (Å²) in [5.74, 6) is -0.945. The smallest absolute Gasteiger partial charge is 0.263 e. The molecule has 9 nitrogen and oxygen atoms in total. The summed E-state index contributed by atoms with van der Waals surface area (Å²) in [5, 5.41) is 12.3. The van der Waals surface area contributed by atoms with Crippen molar-refractivity contribution in [2.45, 2.75) is 32.4 Å². The maximum atomic E-state index is 13.1. The zero-order valence-corrected chi connectivity index (χ0v) is 18.6.